The highest BCUT2D eigenvalue weighted by molar-refractivity contribution is 6.03. The number of carbonyl (C=O) groups excluding carboxylic acids is 2. The maximum atomic E-state index is 12.4. The fourth-order valence-electron chi connectivity index (χ4n) is 2.32. The van der Waals surface area contributed by atoms with Crippen LogP contribution in [0.2, 0.25) is 0 Å². The summed E-state index contributed by atoms with van der Waals surface area (Å²) in [6.45, 7) is 3.37. The van der Waals surface area contributed by atoms with E-state index in [2.05, 4.69) is 0 Å². The maximum Gasteiger partial charge on any atom is 0.326 e. The van der Waals surface area contributed by atoms with E-state index in [0.29, 0.717) is 35.8 Å². The number of anilines is 1. The standard InChI is InChI=1S/C16H21NO6/c1-4-5-22-14(19)8-17-12-6-11(9-18)7-13(21-3)15(12)23-10(2)16(17)20/h6-7,10,18H,4-5,8-9H2,1-3H3. The highest BCUT2D eigenvalue weighted by Crippen LogP contribution is 2.42. The molecule has 0 spiro atoms. The monoisotopic (exact) mass is 323 g/mol. The van der Waals surface area contributed by atoms with Gasteiger partial charge < -0.3 is 19.3 Å². The molecule has 0 fully saturated rings. The van der Waals surface area contributed by atoms with Gasteiger partial charge in [-0.25, -0.2) is 0 Å². The number of esters is 1. The molecule has 0 aromatic heterocycles. The minimum atomic E-state index is -0.740. The van der Waals surface area contributed by atoms with Crippen molar-refractivity contribution in [3.8, 4) is 11.5 Å². The molecule has 1 aliphatic rings. The molecule has 1 unspecified atom stereocenters. The Morgan fingerprint density at radius 1 is 1.43 bits per heavy atom. The molecule has 0 bridgehead atoms. The van der Waals surface area contributed by atoms with Crippen LogP contribution in [0.1, 0.15) is 25.8 Å². The largest absolute Gasteiger partial charge is 0.493 e. The summed E-state index contributed by atoms with van der Waals surface area (Å²) in [5.41, 5.74) is 0.948. The van der Waals surface area contributed by atoms with Crippen LogP contribution in [0.5, 0.6) is 11.5 Å². The summed E-state index contributed by atoms with van der Waals surface area (Å²) in [7, 11) is 1.47. The summed E-state index contributed by atoms with van der Waals surface area (Å²) in [6, 6.07) is 3.24. The second-order valence-electron chi connectivity index (χ2n) is 5.21. The van der Waals surface area contributed by atoms with Crippen molar-refractivity contribution >= 4 is 17.6 Å². The molecule has 126 valence electrons. The molecular formula is C16H21NO6. The van der Waals surface area contributed by atoms with Crippen molar-refractivity contribution < 1.29 is 28.9 Å². The van der Waals surface area contributed by atoms with E-state index in [1.54, 1.807) is 19.1 Å². The lowest BCUT2D eigenvalue weighted by Gasteiger charge is -2.33. The van der Waals surface area contributed by atoms with Gasteiger partial charge in [-0.05, 0) is 31.0 Å². The molecule has 1 aromatic carbocycles. The van der Waals surface area contributed by atoms with Crippen molar-refractivity contribution in [2.24, 2.45) is 0 Å². The van der Waals surface area contributed by atoms with Gasteiger partial charge in [-0.1, -0.05) is 6.92 Å². The van der Waals surface area contributed by atoms with E-state index in [1.165, 1.54) is 12.0 Å². The van der Waals surface area contributed by atoms with E-state index >= 15 is 0 Å². The van der Waals surface area contributed by atoms with Crippen LogP contribution in [-0.4, -0.2) is 43.3 Å². The van der Waals surface area contributed by atoms with Crippen molar-refractivity contribution in [3.63, 3.8) is 0 Å². The molecule has 1 atom stereocenters. The Hall–Kier alpha value is -2.28. The van der Waals surface area contributed by atoms with Gasteiger partial charge in [-0.15, -0.1) is 0 Å². The molecule has 0 saturated heterocycles. The maximum absolute atomic E-state index is 12.4. The zero-order chi connectivity index (χ0) is 17.0. The summed E-state index contributed by atoms with van der Waals surface area (Å²) in [5.74, 6) is -0.0605. The lowest BCUT2D eigenvalue weighted by Crippen LogP contribution is -2.47. The van der Waals surface area contributed by atoms with Gasteiger partial charge >= 0.3 is 5.97 Å². The first-order chi connectivity index (χ1) is 11.0. The zero-order valence-electron chi connectivity index (χ0n) is 13.5. The number of amides is 1. The fourth-order valence-corrected chi connectivity index (χ4v) is 2.32. The van der Waals surface area contributed by atoms with E-state index in [-0.39, 0.29) is 19.1 Å². The number of fused-ring (bicyclic) bond motifs is 1. The molecule has 0 radical (unpaired) electrons. The lowest BCUT2D eigenvalue weighted by molar-refractivity contribution is -0.143. The number of rotatable bonds is 6. The first kappa shape index (κ1) is 17.1. The quantitative estimate of drug-likeness (QED) is 0.793. The lowest BCUT2D eigenvalue weighted by atomic mass is 10.1. The molecule has 0 aliphatic carbocycles. The van der Waals surface area contributed by atoms with Crippen molar-refractivity contribution in [3.05, 3.63) is 17.7 Å². The minimum Gasteiger partial charge on any atom is -0.493 e. The van der Waals surface area contributed by atoms with E-state index in [0.717, 1.165) is 0 Å². The fraction of sp³-hybridized carbons (Fsp3) is 0.500. The highest BCUT2D eigenvalue weighted by atomic mass is 16.5. The third kappa shape index (κ3) is 3.56. The second-order valence-corrected chi connectivity index (χ2v) is 5.21. The Morgan fingerprint density at radius 3 is 2.78 bits per heavy atom. The molecule has 7 nitrogen and oxygen atoms in total. The normalized spacial score (nSPS) is 16.6. The average molecular weight is 323 g/mol. The van der Waals surface area contributed by atoms with Gasteiger partial charge in [0, 0.05) is 0 Å². The van der Waals surface area contributed by atoms with Gasteiger partial charge in [0.15, 0.2) is 17.6 Å². The molecular weight excluding hydrogens is 302 g/mol. The minimum absolute atomic E-state index is 0.211. The van der Waals surface area contributed by atoms with Crippen LogP contribution in [0.4, 0.5) is 5.69 Å². The van der Waals surface area contributed by atoms with Gasteiger partial charge in [0.05, 0.1) is 26.0 Å². The van der Waals surface area contributed by atoms with Gasteiger partial charge in [-0.2, -0.15) is 0 Å². The van der Waals surface area contributed by atoms with Gasteiger partial charge in [-0.3, -0.25) is 14.5 Å². The Labute approximate surface area is 134 Å². The number of aliphatic hydroxyl groups is 1. The molecule has 0 saturated carbocycles. The second kappa shape index (κ2) is 7.32. The van der Waals surface area contributed by atoms with E-state index < -0.39 is 12.1 Å². The van der Waals surface area contributed by atoms with Gasteiger partial charge in [0.2, 0.25) is 0 Å². The number of carbonyl (C=O) groups is 2. The Kier molecular flexibility index (Phi) is 5.44. The predicted molar refractivity (Wildman–Crippen MR) is 82.6 cm³/mol. The highest BCUT2D eigenvalue weighted by Gasteiger charge is 2.35. The molecule has 23 heavy (non-hydrogen) atoms. The van der Waals surface area contributed by atoms with Crippen LogP contribution in [0, 0.1) is 0 Å². The first-order valence-corrected chi connectivity index (χ1v) is 7.47. The van der Waals surface area contributed by atoms with E-state index in [1.807, 2.05) is 6.92 Å². The smallest absolute Gasteiger partial charge is 0.326 e. The molecule has 1 heterocycles. The van der Waals surface area contributed by atoms with Crippen molar-refractivity contribution in [1.29, 1.82) is 0 Å². The molecule has 2 rings (SSSR count). The number of methoxy groups -OCH3 is 1. The van der Waals surface area contributed by atoms with Crippen LogP contribution in [0.25, 0.3) is 0 Å². The van der Waals surface area contributed by atoms with E-state index in [9.17, 15) is 14.7 Å². The number of hydrogen-bond acceptors (Lipinski definition) is 6. The summed E-state index contributed by atoms with van der Waals surface area (Å²) < 4.78 is 15.9. The SMILES string of the molecule is CCCOC(=O)CN1C(=O)C(C)Oc2c(OC)cc(CO)cc21. The van der Waals surface area contributed by atoms with E-state index in [4.69, 9.17) is 14.2 Å². The number of nitrogens with zero attached hydrogens (tertiary/aromatic N) is 1. The predicted octanol–water partition coefficient (Wildman–Crippen LogP) is 1.25. The molecule has 1 aromatic rings. The van der Waals surface area contributed by atoms with Crippen molar-refractivity contribution in [1.82, 2.24) is 0 Å². The number of ether oxygens (including phenoxy) is 3. The third-order valence-corrected chi connectivity index (χ3v) is 3.45. The summed E-state index contributed by atoms with van der Waals surface area (Å²) in [5, 5.41) is 9.37. The van der Waals surface area contributed by atoms with Crippen LogP contribution in [-0.2, 0) is 20.9 Å². The van der Waals surface area contributed by atoms with Crippen LogP contribution < -0.4 is 14.4 Å². The summed E-state index contributed by atoms with van der Waals surface area (Å²) in [6.07, 6.45) is -0.0338. The average Bonchev–Trinajstić information content (AvgIpc) is 2.56. The number of hydrogen-bond donors (Lipinski definition) is 1. The molecule has 1 aliphatic heterocycles. The molecule has 7 heteroatoms. The summed E-state index contributed by atoms with van der Waals surface area (Å²) >= 11 is 0. The summed E-state index contributed by atoms with van der Waals surface area (Å²) in [4.78, 5) is 25.6. The zero-order valence-corrected chi connectivity index (χ0v) is 13.5. The van der Waals surface area contributed by atoms with Crippen molar-refractivity contribution in [2.75, 3.05) is 25.2 Å². The topological polar surface area (TPSA) is 85.3 Å². The number of benzene rings is 1. The van der Waals surface area contributed by atoms with Crippen LogP contribution in [0.15, 0.2) is 12.1 Å². The van der Waals surface area contributed by atoms with Crippen LogP contribution >= 0.6 is 0 Å². The first-order valence-electron chi connectivity index (χ1n) is 7.47. The Bertz CT molecular complexity index is 600. The molecule has 1 N–H and O–H groups in total. The van der Waals surface area contributed by atoms with Crippen LogP contribution in [0.3, 0.4) is 0 Å². The van der Waals surface area contributed by atoms with Gasteiger partial charge in [0.25, 0.3) is 5.91 Å². The van der Waals surface area contributed by atoms with Gasteiger partial charge in [0.1, 0.15) is 6.54 Å². The molecule has 1 amide bonds. The Balaban J connectivity index is 2.39. The third-order valence-electron chi connectivity index (χ3n) is 3.45. The van der Waals surface area contributed by atoms with Crippen molar-refractivity contribution in [2.45, 2.75) is 33.0 Å². The Morgan fingerprint density at radius 2 is 2.17 bits per heavy atom. The number of aliphatic hydroxyl groups excluding tert-OH is 1.